The summed E-state index contributed by atoms with van der Waals surface area (Å²) in [6, 6.07) is 0. The number of amides is 1. The Bertz CT molecular complexity index is 177. The molecular formula is C10H17NO. The van der Waals surface area contributed by atoms with Crippen LogP contribution < -0.4 is 5.32 Å². The van der Waals surface area contributed by atoms with Crippen molar-refractivity contribution in [3.05, 3.63) is 12.7 Å². The Balaban J connectivity index is 2.28. The molecule has 0 aromatic rings. The highest BCUT2D eigenvalue weighted by atomic mass is 16.1. The van der Waals surface area contributed by atoms with Crippen LogP contribution in [0.1, 0.15) is 26.2 Å². The fourth-order valence-electron chi connectivity index (χ4n) is 1.76. The molecule has 1 fully saturated rings. The molecule has 1 aliphatic carbocycles. The van der Waals surface area contributed by atoms with E-state index in [0.29, 0.717) is 6.54 Å². The van der Waals surface area contributed by atoms with Crippen molar-refractivity contribution in [3.8, 4) is 0 Å². The summed E-state index contributed by atoms with van der Waals surface area (Å²) in [4.78, 5) is 11.4. The summed E-state index contributed by atoms with van der Waals surface area (Å²) in [6.07, 6.45) is 5.04. The third-order valence-electron chi connectivity index (χ3n) is 2.49. The van der Waals surface area contributed by atoms with Crippen LogP contribution in [0, 0.1) is 11.8 Å². The normalized spacial score (nSPS) is 28.4. The number of rotatable bonds is 3. The van der Waals surface area contributed by atoms with E-state index in [-0.39, 0.29) is 11.8 Å². The first-order valence-corrected chi connectivity index (χ1v) is 4.62. The largest absolute Gasteiger partial charge is 0.352 e. The van der Waals surface area contributed by atoms with Crippen LogP contribution in [0.25, 0.3) is 0 Å². The highest BCUT2D eigenvalue weighted by molar-refractivity contribution is 5.79. The van der Waals surface area contributed by atoms with Gasteiger partial charge < -0.3 is 5.32 Å². The number of hydrogen-bond donors (Lipinski definition) is 1. The second-order valence-corrected chi connectivity index (χ2v) is 3.65. The molecule has 1 N–H and O–H groups in total. The molecule has 12 heavy (non-hydrogen) atoms. The van der Waals surface area contributed by atoms with Crippen LogP contribution in [0.3, 0.4) is 0 Å². The van der Waals surface area contributed by atoms with Crippen molar-refractivity contribution >= 4 is 5.91 Å². The van der Waals surface area contributed by atoms with E-state index in [4.69, 9.17) is 0 Å². The van der Waals surface area contributed by atoms with Crippen LogP contribution in [0.5, 0.6) is 0 Å². The molecule has 2 nitrogen and oxygen atoms in total. The zero-order valence-electron chi connectivity index (χ0n) is 7.68. The second kappa shape index (κ2) is 4.29. The van der Waals surface area contributed by atoms with E-state index in [2.05, 4.69) is 18.8 Å². The summed E-state index contributed by atoms with van der Waals surface area (Å²) >= 11 is 0. The Hall–Kier alpha value is -0.790. The Morgan fingerprint density at radius 2 is 2.42 bits per heavy atom. The average Bonchev–Trinajstić information content (AvgIpc) is 2.47. The molecule has 0 bridgehead atoms. The lowest BCUT2D eigenvalue weighted by atomic mass is 10.1. The smallest absolute Gasteiger partial charge is 0.223 e. The van der Waals surface area contributed by atoms with Crippen LogP contribution in [0.15, 0.2) is 12.7 Å². The molecule has 0 aromatic carbocycles. The Labute approximate surface area is 74.0 Å². The molecule has 0 spiro atoms. The van der Waals surface area contributed by atoms with Gasteiger partial charge in [-0.2, -0.15) is 0 Å². The molecule has 0 aromatic heterocycles. The number of nitrogens with one attached hydrogen (secondary N) is 1. The van der Waals surface area contributed by atoms with Gasteiger partial charge in [0.2, 0.25) is 5.91 Å². The van der Waals surface area contributed by atoms with E-state index in [1.165, 1.54) is 6.42 Å². The molecule has 1 aliphatic rings. The van der Waals surface area contributed by atoms with Crippen LogP contribution in [0.4, 0.5) is 0 Å². The highest BCUT2D eigenvalue weighted by Crippen LogP contribution is 2.30. The van der Waals surface area contributed by atoms with E-state index in [9.17, 15) is 4.79 Å². The molecule has 1 amide bonds. The van der Waals surface area contributed by atoms with Gasteiger partial charge in [-0.25, -0.2) is 0 Å². The van der Waals surface area contributed by atoms with Crippen molar-refractivity contribution in [3.63, 3.8) is 0 Å². The van der Waals surface area contributed by atoms with E-state index >= 15 is 0 Å². The van der Waals surface area contributed by atoms with Gasteiger partial charge in [0.05, 0.1) is 0 Å². The van der Waals surface area contributed by atoms with Gasteiger partial charge in [0.15, 0.2) is 0 Å². The maximum atomic E-state index is 11.4. The van der Waals surface area contributed by atoms with Crippen LogP contribution in [-0.4, -0.2) is 12.5 Å². The molecule has 0 saturated heterocycles. The van der Waals surface area contributed by atoms with Gasteiger partial charge in [-0.3, -0.25) is 4.79 Å². The van der Waals surface area contributed by atoms with Gasteiger partial charge in [-0.15, -0.1) is 6.58 Å². The monoisotopic (exact) mass is 167 g/mol. The summed E-state index contributed by atoms with van der Waals surface area (Å²) in [5, 5.41) is 2.84. The molecule has 1 saturated carbocycles. The van der Waals surface area contributed by atoms with E-state index in [0.717, 1.165) is 18.8 Å². The lowest BCUT2D eigenvalue weighted by Gasteiger charge is -2.08. The average molecular weight is 167 g/mol. The summed E-state index contributed by atoms with van der Waals surface area (Å²) in [5.74, 6) is 1.20. The van der Waals surface area contributed by atoms with Crippen molar-refractivity contribution in [2.45, 2.75) is 26.2 Å². The summed E-state index contributed by atoms with van der Waals surface area (Å²) < 4.78 is 0. The fraction of sp³-hybridized carbons (Fsp3) is 0.700. The molecule has 2 atom stereocenters. The molecule has 2 heteroatoms. The predicted octanol–water partition coefficient (Wildman–Crippen LogP) is 1.72. The van der Waals surface area contributed by atoms with Crippen LogP contribution in [0.2, 0.25) is 0 Å². The number of hydrogen-bond acceptors (Lipinski definition) is 1. The van der Waals surface area contributed by atoms with Crippen LogP contribution in [-0.2, 0) is 4.79 Å². The quantitative estimate of drug-likeness (QED) is 0.637. The molecule has 0 aliphatic heterocycles. The minimum atomic E-state index is 0.208. The minimum absolute atomic E-state index is 0.208. The highest BCUT2D eigenvalue weighted by Gasteiger charge is 2.26. The minimum Gasteiger partial charge on any atom is -0.352 e. The first kappa shape index (κ1) is 9.30. The molecule has 68 valence electrons. The van der Waals surface area contributed by atoms with Crippen molar-refractivity contribution in [2.24, 2.45) is 11.8 Å². The maximum absolute atomic E-state index is 11.4. The lowest BCUT2D eigenvalue weighted by molar-refractivity contribution is -0.124. The van der Waals surface area contributed by atoms with E-state index < -0.39 is 0 Å². The topological polar surface area (TPSA) is 29.1 Å². The summed E-state index contributed by atoms with van der Waals surface area (Å²) in [5.41, 5.74) is 0. The lowest BCUT2D eigenvalue weighted by Crippen LogP contribution is -2.29. The molecular weight excluding hydrogens is 150 g/mol. The van der Waals surface area contributed by atoms with Gasteiger partial charge in [0.25, 0.3) is 0 Å². The first-order valence-electron chi connectivity index (χ1n) is 4.62. The van der Waals surface area contributed by atoms with E-state index in [1.54, 1.807) is 6.08 Å². The van der Waals surface area contributed by atoms with Crippen molar-refractivity contribution < 1.29 is 4.79 Å². The third kappa shape index (κ3) is 2.36. The number of carbonyl (C=O) groups is 1. The third-order valence-corrected chi connectivity index (χ3v) is 2.49. The SMILES string of the molecule is C=CCNC(=O)C1CCC(C)C1. The van der Waals surface area contributed by atoms with Crippen LogP contribution >= 0.6 is 0 Å². The van der Waals surface area contributed by atoms with Gasteiger partial charge in [0.1, 0.15) is 0 Å². The van der Waals surface area contributed by atoms with Gasteiger partial charge in [0, 0.05) is 12.5 Å². The first-order chi connectivity index (χ1) is 5.74. The zero-order chi connectivity index (χ0) is 8.97. The zero-order valence-corrected chi connectivity index (χ0v) is 7.68. The van der Waals surface area contributed by atoms with Gasteiger partial charge >= 0.3 is 0 Å². The Morgan fingerprint density at radius 1 is 1.67 bits per heavy atom. The maximum Gasteiger partial charge on any atom is 0.223 e. The summed E-state index contributed by atoms with van der Waals surface area (Å²) in [6.45, 7) is 6.37. The van der Waals surface area contributed by atoms with Crippen molar-refractivity contribution in [1.82, 2.24) is 5.32 Å². The second-order valence-electron chi connectivity index (χ2n) is 3.65. The number of carbonyl (C=O) groups excluding carboxylic acids is 1. The van der Waals surface area contributed by atoms with E-state index in [1.807, 2.05) is 0 Å². The van der Waals surface area contributed by atoms with Gasteiger partial charge in [-0.1, -0.05) is 13.0 Å². The Kier molecular flexibility index (Phi) is 3.32. The standard InChI is InChI=1S/C10H17NO/c1-3-6-11-10(12)9-5-4-8(2)7-9/h3,8-9H,1,4-7H2,2H3,(H,11,12). The molecule has 2 unspecified atom stereocenters. The predicted molar refractivity (Wildman–Crippen MR) is 49.7 cm³/mol. The van der Waals surface area contributed by atoms with Crippen molar-refractivity contribution in [1.29, 1.82) is 0 Å². The fourth-order valence-corrected chi connectivity index (χ4v) is 1.76. The van der Waals surface area contributed by atoms with Gasteiger partial charge in [-0.05, 0) is 25.2 Å². The Morgan fingerprint density at radius 3 is 2.92 bits per heavy atom. The van der Waals surface area contributed by atoms with Crippen molar-refractivity contribution in [2.75, 3.05) is 6.54 Å². The molecule has 1 rings (SSSR count). The summed E-state index contributed by atoms with van der Waals surface area (Å²) in [7, 11) is 0. The molecule has 0 radical (unpaired) electrons. The molecule has 0 heterocycles.